The highest BCUT2D eigenvalue weighted by Gasteiger charge is 2.62. The lowest BCUT2D eigenvalue weighted by Gasteiger charge is -2.37. The van der Waals surface area contributed by atoms with Crippen molar-refractivity contribution < 1.29 is 23.9 Å². The van der Waals surface area contributed by atoms with Crippen LogP contribution >= 0.6 is 23.2 Å². The van der Waals surface area contributed by atoms with Crippen LogP contribution in [0.15, 0.2) is 42.6 Å². The molecule has 40 heavy (non-hydrogen) atoms. The molecule has 0 unspecified atom stereocenters. The molecule has 208 valence electrons. The van der Waals surface area contributed by atoms with Crippen LogP contribution in [0.3, 0.4) is 0 Å². The van der Waals surface area contributed by atoms with Gasteiger partial charge in [-0.15, -0.1) is 0 Å². The van der Waals surface area contributed by atoms with Crippen molar-refractivity contribution in [2.24, 2.45) is 5.41 Å². The van der Waals surface area contributed by atoms with Gasteiger partial charge in [-0.05, 0) is 47.2 Å². The zero-order valence-corrected chi connectivity index (χ0v) is 23.5. The van der Waals surface area contributed by atoms with Gasteiger partial charge in [0.1, 0.15) is 5.82 Å². The quantitative estimate of drug-likeness (QED) is 0.270. The fourth-order valence-corrected chi connectivity index (χ4v) is 6.52. The molecule has 2 aromatic carbocycles. The number of aromatic nitrogens is 1. The predicted molar refractivity (Wildman–Crippen MR) is 152 cm³/mol. The average Bonchev–Trinajstić information content (AvgIpc) is 3.37. The molecule has 4 N–H and O–H groups in total. The van der Waals surface area contributed by atoms with Crippen molar-refractivity contribution in [2.45, 2.75) is 44.6 Å². The van der Waals surface area contributed by atoms with Crippen LogP contribution in [0, 0.1) is 11.2 Å². The Morgan fingerprint density at radius 2 is 1.98 bits per heavy atom. The van der Waals surface area contributed by atoms with E-state index in [1.165, 1.54) is 18.3 Å². The lowest BCUT2D eigenvalue weighted by Crippen LogP contribution is -2.49. The predicted octanol–water partition coefficient (Wildman–Crippen LogP) is 5.84. The van der Waals surface area contributed by atoms with E-state index in [0.29, 0.717) is 41.8 Å². The summed E-state index contributed by atoms with van der Waals surface area (Å²) in [5.41, 5.74) is 0.323. The molecule has 2 aliphatic heterocycles. The monoisotopic (exact) mass is 584 g/mol. The second kappa shape index (κ2) is 10.1. The Hall–Kier alpha value is -3.53. The molecule has 5 rings (SSSR count). The van der Waals surface area contributed by atoms with E-state index in [-0.39, 0.29) is 38.3 Å². The minimum atomic E-state index is -1.29. The molecule has 0 radical (unpaired) electrons. The number of benzene rings is 2. The summed E-state index contributed by atoms with van der Waals surface area (Å²) in [5.74, 6) is -2.83. The van der Waals surface area contributed by atoms with E-state index in [0.717, 1.165) is 0 Å². The number of carboxylic acid groups (broad SMARTS) is 1. The minimum absolute atomic E-state index is 0.0426. The lowest BCUT2D eigenvalue weighted by atomic mass is 9.63. The molecule has 2 aliphatic rings. The number of hydrogen-bond donors (Lipinski definition) is 4. The molecule has 1 spiro atoms. The number of fused-ring (bicyclic) bond motifs is 2. The van der Waals surface area contributed by atoms with E-state index >= 15 is 4.39 Å². The smallest absolute Gasteiger partial charge is 0.355 e. The number of carbonyl (C=O) groups is 3. The molecule has 3 atom stereocenters. The van der Waals surface area contributed by atoms with Gasteiger partial charge in [-0.2, -0.15) is 0 Å². The SMILES string of the molecule is CC(C)(C)C[C@@H]1NC[C@H](c2cccc(Cl)c2F)[C@]12C(=O)Nc1cc(Cl)c(-c3cc(NC=O)cnc3C(=O)O)cc12. The fraction of sp³-hybridized carbons (Fsp3) is 0.310. The third-order valence-electron chi connectivity index (χ3n) is 7.62. The summed E-state index contributed by atoms with van der Waals surface area (Å²) in [6.45, 7) is 6.50. The maximum Gasteiger partial charge on any atom is 0.355 e. The van der Waals surface area contributed by atoms with Crippen LogP contribution in [0.4, 0.5) is 15.8 Å². The van der Waals surface area contributed by atoms with Crippen molar-refractivity contribution in [1.29, 1.82) is 0 Å². The Kier molecular flexibility index (Phi) is 7.10. The van der Waals surface area contributed by atoms with E-state index in [2.05, 4.69) is 41.7 Å². The Morgan fingerprint density at radius 3 is 2.65 bits per heavy atom. The van der Waals surface area contributed by atoms with E-state index in [9.17, 15) is 19.5 Å². The van der Waals surface area contributed by atoms with Crippen LogP contribution in [-0.2, 0) is 15.0 Å². The number of nitrogens with zero attached hydrogens (tertiary/aromatic N) is 1. The maximum atomic E-state index is 15.5. The van der Waals surface area contributed by atoms with Crippen LogP contribution < -0.4 is 16.0 Å². The van der Waals surface area contributed by atoms with Crippen LogP contribution in [-0.4, -0.2) is 41.0 Å². The van der Waals surface area contributed by atoms with Crippen molar-refractivity contribution in [3.05, 3.63) is 75.3 Å². The highest BCUT2D eigenvalue weighted by atomic mass is 35.5. The van der Waals surface area contributed by atoms with Crippen molar-refractivity contribution >= 4 is 52.9 Å². The highest BCUT2D eigenvalue weighted by Crippen LogP contribution is 2.56. The van der Waals surface area contributed by atoms with E-state index in [1.807, 2.05) is 0 Å². The molecule has 0 saturated carbocycles. The number of amides is 2. The second-order valence-corrected chi connectivity index (χ2v) is 12.1. The van der Waals surface area contributed by atoms with Gasteiger partial charge in [0.05, 0.1) is 27.3 Å². The molecule has 8 nitrogen and oxygen atoms in total. The van der Waals surface area contributed by atoms with Crippen LogP contribution in [0.5, 0.6) is 0 Å². The average molecular weight is 585 g/mol. The summed E-state index contributed by atoms with van der Waals surface area (Å²) in [6.07, 6.45) is 2.26. The number of carbonyl (C=O) groups excluding carboxylic acids is 2. The molecule has 0 aliphatic carbocycles. The summed E-state index contributed by atoms with van der Waals surface area (Å²) in [4.78, 5) is 41.3. The standard InChI is InChI=1S/C29H27Cl2FN4O4/c1-28(2,3)10-23-29(19(12-33-23)15-5-4-6-20(30)24(15)32)18-8-16(21(31)9-22(18)36-27(29)40)17-7-14(35-13-37)11-34-25(17)26(38)39/h4-9,11,13,19,23,33H,10,12H2,1-3H3,(H,35,37)(H,36,40)(H,38,39)/t19-,23+,29+/m1/s1. The number of aromatic carboxylic acids is 1. The molecule has 0 bridgehead atoms. The summed E-state index contributed by atoms with van der Waals surface area (Å²) in [5, 5.41) is 18.9. The highest BCUT2D eigenvalue weighted by molar-refractivity contribution is 6.34. The number of nitrogens with one attached hydrogen (secondary N) is 3. The molecular weight excluding hydrogens is 558 g/mol. The summed E-state index contributed by atoms with van der Waals surface area (Å²) < 4.78 is 15.5. The number of carboxylic acids is 1. The lowest BCUT2D eigenvalue weighted by molar-refractivity contribution is -0.122. The second-order valence-electron chi connectivity index (χ2n) is 11.3. The number of rotatable bonds is 6. The van der Waals surface area contributed by atoms with Gasteiger partial charge in [-0.1, -0.05) is 56.1 Å². The Labute approximate surface area is 240 Å². The third-order valence-corrected chi connectivity index (χ3v) is 8.23. The maximum absolute atomic E-state index is 15.5. The summed E-state index contributed by atoms with van der Waals surface area (Å²) in [6, 6.07) is 9.07. The first-order chi connectivity index (χ1) is 18.9. The number of pyridine rings is 1. The Balaban J connectivity index is 1.79. The summed E-state index contributed by atoms with van der Waals surface area (Å²) in [7, 11) is 0. The normalized spacial score (nSPS) is 21.8. The van der Waals surface area contributed by atoms with Crippen molar-refractivity contribution in [1.82, 2.24) is 10.3 Å². The van der Waals surface area contributed by atoms with E-state index in [1.54, 1.807) is 24.3 Å². The topological polar surface area (TPSA) is 120 Å². The zero-order valence-electron chi connectivity index (χ0n) is 21.9. The van der Waals surface area contributed by atoms with Gasteiger partial charge in [0.2, 0.25) is 12.3 Å². The van der Waals surface area contributed by atoms with Gasteiger partial charge >= 0.3 is 5.97 Å². The molecule has 1 saturated heterocycles. The van der Waals surface area contributed by atoms with Gasteiger partial charge < -0.3 is 21.1 Å². The fourth-order valence-electron chi connectivity index (χ4n) is 6.07. The van der Waals surface area contributed by atoms with Gasteiger partial charge in [0.15, 0.2) is 5.69 Å². The summed E-state index contributed by atoms with van der Waals surface area (Å²) >= 11 is 12.9. The minimum Gasteiger partial charge on any atom is -0.476 e. The van der Waals surface area contributed by atoms with Crippen LogP contribution in [0.1, 0.15) is 54.7 Å². The van der Waals surface area contributed by atoms with Gasteiger partial charge in [-0.25, -0.2) is 14.2 Å². The van der Waals surface area contributed by atoms with E-state index < -0.39 is 29.2 Å². The van der Waals surface area contributed by atoms with Crippen molar-refractivity contribution in [3.8, 4) is 11.1 Å². The number of halogens is 3. The molecule has 1 fully saturated rings. The third kappa shape index (κ3) is 4.52. The Bertz CT molecular complexity index is 1560. The van der Waals surface area contributed by atoms with Gasteiger partial charge in [-0.3, -0.25) is 9.59 Å². The molecule has 2 amide bonds. The number of anilines is 2. The largest absolute Gasteiger partial charge is 0.476 e. The molecular formula is C29H27Cl2FN4O4. The first kappa shape index (κ1) is 28.0. The molecule has 11 heteroatoms. The molecule has 3 aromatic rings. The zero-order chi connectivity index (χ0) is 29.0. The molecule has 1 aromatic heterocycles. The Morgan fingerprint density at radius 1 is 1.23 bits per heavy atom. The van der Waals surface area contributed by atoms with Crippen LogP contribution in [0.2, 0.25) is 10.0 Å². The van der Waals surface area contributed by atoms with Gasteiger partial charge in [0.25, 0.3) is 0 Å². The first-order valence-electron chi connectivity index (χ1n) is 12.6. The van der Waals surface area contributed by atoms with Crippen LogP contribution in [0.25, 0.3) is 11.1 Å². The molecule has 3 heterocycles. The van der Waals surface area contributed by atoms with Crippen molar-refractivity contribution in [3.63, 3.8) is 0 Å². The van der Waals surface area contributed by atoms with Gasteiger partial charge in [0, 0.05) is 35.3 Å². The van der Waals surface area contributed by atoms with Crippen molar-refractivity contribution in [2.75, 3.05) is 17.2 Å². The van der Waals surface area contributed by atoms with E-state index in [4.69, 9.17) is 23.2 Å². The first-order valence-corrected chi connectivity index (χ1v) is 13.4. The number of hydrogen-bond acceptors (Lipinski definition) is 5.